The molecular weight excluding hydrogens is 332 g/mol. The molecule has 0 amide bonds. The van der Waals surface area contributed by atoms with Crippen LogP contribution in [-0.2, 0) is 0 Å². The van der Waals surface area contributed by atoms with E-state index in [0.29, 0.717) is 11.1 Å². The van der Waals surface area contributed by atoms with E-state index >= 15 is 0 Å². The number of rotatable bonds is 8. The molecule has 1 N–H and O–H groups in total. The van der Waals surface area contributed by atoms with Gasteiger partial charge in [0.2, 0.25) is 0 Å². The Labute approximate surface area is 155 Å². The van der Waals surface area contributed by atoms with Gasteiger partial charge in [-0.2, -0.15) is 0 Å². The first-order valence-electron chi connectivity index (χ1n) is 8.36. The second-order valence-electron chi connectivity index (χ2n) is 5.93. The van der Waals surface area contributed by atoms with E-state index in [1.165, 1.54) is 0 Å². The zero-order valence-corrected chi connectivity index (χ0v) is 15.8. The minimum absolute atomic E-state index is 0.365. The normalized spacial score (nSPS) is 11.3. The molecule has 0 aliphatic heterocycles. The maximum atomic E-state index is 5.90. The van der Waals surface area contributed by atoms with Crippen LogP contribution < -0.4 is 15.0 Å². The molecule has 2 aromatic rings. The van der Waals surface area contributed by atoms with Crippen LogP contribution in [0.2, 0.25) is 5.02 Å². The lowest BCUT2D eigenvalue weighted by Crippen LogP contribution is -2.34. The van der Waals surface area contributed by atoms with Crippen LogP contribution in [0.25, 0.3) is 0 Å². The maximum absolute atomic E-state index is 5.90. The third-order valence-electron chi connectivity index (χ3n) is 3.82. The summed E-state index contributed by atoms with van der Waals surface area (Å²) in [5, 5.41) is 3.88. The quantitative estimate of drug-likeness (QED) is 0.629. The number of benzene rings is 2. The van der Waals surface area contributed by atoms with Crippen LogP contribution in [0.1, 0.15) is 20.8 Å². The van der Waals surface area contributed by atoms with Gasteiger partial charge in [-0.05, 0) is 75.5 Å². The molecule has 132 valence electrons. The molecule has 0 unspecified atom stereocenters. The lowest BCUT2D eigenvalue weighted by atomic mass is 10.2. The number of hydrogen-bond donors (Lipinski definition) is 1. The largest absolute Gasteiger partial charge is 0.457 e. The fraction of sp³-hybridized carbons (Fsp3) is 0.238. The van der Waals surface area contributed by atoms with Gasteiger partial charge in [0.15, 0.2) is 0 Å². The molecule has 0 aliphatic carbocycles. The highest BCUT2D eigenvalue weighted by Gasteiger charge is 2.12. The molecule has 0 spiro atoms. The number of halogens is 1. The molecular formula is C21H25ClN2O. The fourth-order valence-electron chi connectivity index (χ4n) is 2.45. The van der Waals surface area contributed by atoms with Crippen molar-refractivity contribution in [1.29, 1.82) is 0 Å². The highest BCUT2D eigenvalue weighted by molar-refractivity contribution is 6.30. The van der Waals surface area contributed by atoms with Crippen LogP contribution in [0.4, 0.5) is 5.69 Å². The number of anilines is 1. The SMILES string of the molecule is C=CN/C(=C\C)CN(c1ccc(Oc2ccc(Cl)cc2)cc1)C(C)C. The molecule has 2 rings (SSSR count). The molecule has 0 aromatic heterocycles. The van der Waals surface area contributed by atoms with Gasteiger partial charge < -0.3 is 15.0 Å². The summed E-state index contributed by atoms with van der Waals surface area (Å²) in [6.07, 6.45) is 3.77. The molecule has 0 fully saturated rings. The van der Waals surface area contributed by atoms with E-state index in [1.807, 2.05) is 43.3 Å². The summed E-state index contributed by atoms with van der Waals surface area (Å²) < 4.78 is 5.86. The van der Waals surface area contributed by atoms with Gasteiger partial charge in [-0.3, -0.25) is 0 Å². The van der Waals surface area contributed by atoms with E-state index in [9.17, 15) is 0 Å². The minimum atomic E-state index is 0.365. The van der Waals surface area contributed by atoms with Gasteiger partial charge in [0.05, 0.1) is 6.54 Å². The Morgan fingerprint density at radius 2 is 1.68 bits per heavy atom. The molecule has 0 heterocycles. The molecule has 0 saturated heterocycles. The van der Waals surface area contributed by atoms with Crippen molar-refractivity contribution in [3.8, 4) is 11.5 Å². The average molecular weight is 357 g/mol. The molecule has 0 aliphatic rings. The molecule has 0 radical (unpaired) electrons. The van der Waals surface area contributed by atoms with Crippen molar-refractivity contribution in [3.63, 3.8) is 0 Å². The topological polar surface area (TPSA) is 24.5 Å². The maximum Gasteiger partial charge on any atom is 0.127 e. The summed E-state index contributed by atoms with van der Waals surface area (Å²) in [7, 11) is 0. The van der Waals surface area contributed by atoms with Crippen LogP contribution in [0.3, 0.4) is 0 Å². The standard InChI is InChI=1S/C21H25ClN2O/c1-5-18(23-6-2)15-24(16(3)4)19-9-13-21(14-10-19)25-20-11-7-17(22)8-12-20/h5-14,16,23H,2,15H2,1,3-4H3/b18-5-. The van der Waals surface area contributed by atoms with E-state index < -0.39 is 0 Å². The van der Waals surface area contributed by atoms with Crippen molar-refractivity contribution in [1.82, 2.24) is 5.32 Å². The molecule has 25 heavy (non-hydrogen) atoms. The molecule has 3 nitrogen and oxygen atoms in total. The van der Waals surface area contributed by atoms with Gasteiger partial charge in [-0.1, -0.05) is 24.3 Å². The number of nitrogens with one attached hydrogen (secondary N) is 1. The predicted molar refractivity (Wildman–Crippen MR) is 108 cm³/mol. The van der Waals surface area contributed by atoms with Gasteiger partial charge in [0.1, 0.15) is 11.5 Å². The smallest absolute Gasteiger partial charge is 0.127 e. The first-order valence-corrected chi connectivity index (χ1v) is 8.74. The van der Waals surface area contributed by atoms with Gasteiger partial charge in [0.25, 0.3) is 0 Å². The number of ether oxygens (including phenoxy) is 1. The highest BCUT2D eigenvalue weighted by atomic mass is 35.5. The number of allylic oxidation sites excluding steroid dienone is 1. The van der Waals surface area contributed by atoms with Crippen molar-refractivity contribution in [2.75, 3.05) is 11.4 Å². The average Bonchev–Trinajstić information content (AvgIpc) is 2.61. The Balaban J connectivity index is 2.12. The lowest BCUT2D eigenvalue weighted by molar-refractivity contribution is 0.482. The van der Waals surface area contributed by atoms with Gasteiger partial charge in [-0.25, -0.2) is 0 Å². The number of hydrogen-bond acceptors (Lipinski definition) is 3. The van der Waals surface area contributed by atoms with Gasteiger partial charge in [0, 0.05) is 22.4 Å². The van der Waals surface area contributed by atoms with E-state index in [0.717, 1.165) is 29.4 Å². The second-order valence-corrected chi connectivity index (χ2v) is 6.37. The van der Waals surface area contributed by atoms with Crippen LogP contribution in [0.15, 0.2) is 73.1 Å². The van der Waals surface area contributed by atoms with Crippen molar-refractivity contribution >= 4 is 17.3 Å². The first kappa shape index (κ1) is 18.9. The van der Waals surface area contributed by atoms with Crippen molar-refractivity contribution < 1.29 is 4.74 Å². The summed E-state index contributed by atoms with van der Waals surface area (Å²) in [6, 6.07) is 15.8. The lowest BCUT2D eigenvalue weighted by Gasteiger charge is -2.30. The van der Waals surface area contributed by atoms with Crippen molar-refractivity contribution in [2.45, 2.75) is 26.8 Å². The predicted octanol–water partition coefficient (Wildman–Crippen LogP) is 5.98. The second kappa shape index (κ2) is 9.19. The Kier molecular flexibility index (Phi) is 6.96. The van der Waals surface area contributed by atoms with Crippen LogP contribution in [-0.4, -0.2) is 12.6 Å². The van der Waals surface area contributed by atoms with Gasteiger partial charge >= 0.3 is 0 Å². The zero-order chi connectivity index (χ0) is 18.2. The zero-order valence-electron chi connectivity index (χ0n) is 15.0. The third-order valence-corrected chi connectivity index (χ3v) is 4.07. The highest BCUT2D eigenvalue weighted by Crippen LogP contribution is 2.26. The Hall–Kier alpha value is -2.39. The molecule has 4 heteroatoms. The number of nitrogens with zero attached hydrogens (tertiary/aromatic N) is 1. The van der Waals surface area contributed by atoms with E-state index in [4.69, 9.17) is 16.3 Å². The summed E-state index contributed by atoms with van der Waals surface area (Å²) in [5.74, 6) is 1.56. The van der Waals surface area contributed by atoms with Crippen molar-refractivity contribution in [2.24, 2.45) is 0 Å². The van der Waals surface area contributed by atoms with E-state index in [2.05, 4.69) is 48.9 Å². The summed E-state index contributed by atoms with van der Waals surface area (Å²) in [4.78, 5) is 2.32. The molecule has 0 atom stereocenters. The Morgan fingerprint density at radius 3 is 2.16 bits per heavy atom. The first-order chi connectivity index (χ1) is 12.0. The molecule has 0 saturated carbocycles. The summed E-state index contributed by atoms with van der Waals surface area (Å²) >= 11 is 5.90. The van der Waals surface area contributed by atoms with Crippen LogP contribution in [0.5, 0.6) is 11.5 Å². The Bertz CT molecular complexity index is 706. The minimum Gasteiger partial charge on any atom is -0.457 e. The monoisotopic (exact) mass is 356 g/mol. The molecule has 2 aromatic carbocycles. The van der Waals surface area contributed by atoms with E-state index in [1.54, 1.807) is 6.20 Å². The summed E-state index contributed by atoms with van der Waals surface area (Å²) in [5.41, 5.74) is 2.26. The molecule has 0 bridgehead atoms. The Morgan fingerprint density at radius 1 is 1.12 bits per heavy atom. The van der Waals surface area contributed by atoms with Crippen molar-refractivity contribution in [3.05, 3.63) is 78.1 Å². The van der Waals surface area contributed by atoms with Crippen LogP contribution >= 0.6 is 11.6 Å². The van der Waals surface area contributed by atoms with E-state index in [-0.39, 0.29) is 0 Å². The van der Waals surface area contributed by atoms with Gasteiger partial charge in [-0.15, -0.1) is 0 Å². The summed E-state index contributed by atoms with van der Waals surface area (Å²) in [6.45, 7) is 10.9. The van der Waals surface area contributed by atoms with Crippen LogP contribution in [0, 0.1) is 0 Å². The fourth-order valence-corrected chi connectivity index (χ4v) is 2.58. The third kappa shape index (κ3) is 5.57.